The number of hydrogen-bond acceptors (Lipinski definition) is 3. The molecule has 1 aliphatic rings. The molecule has 0 aromatic heterocycles. The molecule has 0 N–H and O–H groups in total. The van der Waals surface area contributed by atoms with Crippen molar-refractivity contribution in [1.82, 2.24) is 0 Å². The van der Waals surface area contributed by atoms with Gasteiger partial charge in [-0.05, 0) is 41.5 Å². The van der Waals surface area contributed by atoms with Crippen LogP contribution in [-0.4, -0.2) is 36.7 Å². The largest absolute Gasteiger partial charge is 0.463 e. The van der Waals surface area contributed by atoms with E-state index in [4.69, 9.17) is 14.0 Å². The topological polar surface area (TPSA) is 27.7 Å². The molecule has 1 rings (SSSR count). The van der Waals surface area contributed by atoms with Crippen LogP contribution in [0.2, 0.25) is 5.82 Å². The predicted octanol–water partition coefficient (Wildman–Crippen LogP) is 3.82. The summed E-state index contributed by atoms with van der Waals surface area (Å²) in [6, 6.07) is 0. The third-order valence-electron chi connectivity index (χ3n) is 4.32. The highest BCUT2D eigenvalue weighted by Gasteiger charge is 2.54. The van der Waals surface area contributed by atoms with E-state index in [-0.39, 0.29) is 5.82 Å². The zero-order valence-corrected chi connectivity index (χ0v) is 13.2. The van der Waals surface area contributed by atoms with Gasteiger partial charge in [0.05, 0.1) is 17.3 Å². The van der Waals surface area contributed by atoms with Crippen LogP contribution >= 0.6 is 0 Å². The Balaban J connectivity index is 2.66. The molecule has 0 radical (unpaired) electrons. The van der Waals surface area contributed by atoms with Gasteiger partial charge in [-0.15, -0.1) is 0 Å². The number of halogens is 3. The zero-order valence-electron chi connectivity index (χ0n) is 13.2. The predicted molar refractivity (Wildman–Crippen MR) is 71.6 cm³/mol. The Morgan fingerprint density at radius 1 is 0.950 bits per heavy atom. The summed E-state index contributed by atoms with van der Waals surface area (Å²) in [4.78, 5) is 0. The lowest BCUT2D eigenvalue weighted by molar-refractivity contribution is -0.225. The summed E-state index contributed by atoms with van der Waals surface area (Å²) in [5.41, 5.74) is -0.997. The fourth-order valence-corrected chi connectivity index (χ4v) is 1.85. The number of alkyl halides is 3. The van der Waals surface area contributed by atoms with Crippen molar-refractivity contribution in [2.75, 3.05) is 0 Å². The first kappa shape index (κ1) is 17.8. The minimum absolute atomic E-state index is 0.305. The third kappa shape index (κ3) is 3.68. The Kier molecular flexibility index (Phi) is 4.89. The van der Waals surface area contributed by atoms with Gasteiger partial charge >= 0.3 is 13.3 Å². The third-order valence-corrected chi connectivity index (χ3v) is 4.32. The fourth-order valence-electron chi connectivity index (χ4n) is 1.85. The first-order valence-corrected chi connectivity index (χ1v) is 6.86. The maximum absolute atomic E-state index is 12.5. The Bertz CT molecular complexity index is 328. The molecule has 0 bridgehead atoms. The molecular weight excluding hydrogens is 272 g/mol. The summed E-state index contributed by atoms with van der Waals surface area (Å²) in [6.45, 7) is 12.0. The van der Waals surface area contributed by atoms with Gasteiger partial charge in [0.2, 0.25) is 0 Å². The van der Waals surface area contributed by atoms with E-state index < -0.39 is 36.7 Å². The molecule has 1 unspecified atom stereocenters. The van der Waals surface area contributed by atoms with Crippen LogP contribution in [0.1, 0.15) is 48.5 Å². The summed E-state index contributed by atoms with van der Waals surface area (Å²) in [5, 5.41) is 0. The Hall–Kier alpha value is -0.265. The lowest BCUT2D eigenvalue weighted by Gasteiger charge is -2.32. The highest BCUT2D eigenvalue weighted by atomic mass is 19.4. The van der Waals surface area contributed by atoms with Crippen molar-refractivity contribution in [3.8, 4) is 0 Å². The van der Waals surface area contributed by atoms with Crippen molar-refractivity contribution in [2.24, 2.45) is 0 Å². The van der Waals surface area contributed by atoms with E-state index in [2.05, 4.69) is 0 Å². The maximum atomic E-state index is 12.5. The molecule has 3 atom stereocenters. The van der Waals surface area contributed by atoms with Gasteiger partial charge in [0, 0.05) is 5.82 Å². The SMILES string of the molecule is CC(O[C@@H](C)C(F)(F)F)[C@H](C)B1OC(C)(C)C(C)(C)O1. The van der Waals surface area contributed by atoms with Crippen molar-refractivity contribution in [1.29, 1.82) is 0 Å². The maximum Gasteiger partial charge on any atom is 0.463 e. The fraction of sp³-hybridized carbons (Fsp3) is 1.00. The van der Waals surface area contributed by atoms with E-state index in [1.165, 1.54) is 0 Å². The van der Waals surface area contributed by atoms with Crippen molar-refractivity contribution in [3.63, 3.8) is 0 Å². The summed E-state index contributed by atoms with van der Waals surface area (Å²) < 4.78 is 54.2. The minimum atomic E-state index is -4.36. The molecule has 0 saturated carbocycles. The first-order chi connectivity index (χ1) is 8.78. The van der Waals surface area contributed by atoms with E-state index in [0.29, 0.717) is 0 Å². The highest BCUT2D eigenvalue weighted by molar-refractivity contribution is 6.47. The molecule has 0 aromatic carbocycles. The van der Waals surface area contributed by atoms with Gasteiger partial charge in [0.15, 0.2) is 6.10 Å². The molecule has 7 heteroatoms. The quantitative estimate of drug-likeness (QED) is 0.738. The number of ether oxygens (including phenoxy) is 1. The van der Waals surface area contributed by atoms with Gasteiger partial charge in [0.25, 0.3) is 0 Å². The second kappa shape index (κ2) is 5.50. The Morgan fingerprint density at radius 2 is 1.35 bits per heavy atom. The van der Waals surface area contributed by atoms with Gasteiger partial charge < -0.3 is 14.0 Å². The van der Waals surface area contributed by atoms with Gasteiger partial charge in [-0.1, -0.05) is 6.92 Å². The molecule has 20 heavy (non-hydrogen) atoms. The van der Waals surface area contributed by atoms with Crippen LogP contribution in [0.25, 0.3) is 0 Å². The van der Waals surface area contributed by atoms with E-state index >= 15 is 0 Å². The van der Waals surface area contributed by atoms with Crippen LogP contribution < -0.4 is 0 Å². The van der Waals surface area contributed by atoms with Crippen molar-refractivity contribution >= 4 is 7.12 Å². The molecular formula is C13H24BF3O3. The smallest absolute Gasteiger partial charge is 0.403 e. The van der Waals surface area contributed by atoms with E-state index in [0.717, 1.165) is 6.92 Å². The van der Waals surface area contributed by atoms with E-state index in [9.17, 15) is 13.2 Å². The Labute approximate surface area is 119 Å². The van der Waals surface area contributed by atoms with Crippen molar-refractivity contribution in [2.45, 2.75) is 83.9 Å². The van der Waals surface area contributed by atoms with Crippen LogP contribution in [0.5, 0.6) is 0 Å². The van der Waals surface area contributed by atoms with Gasteiger partial charge in [-0.2, -0.15) is 13.2 Å². The second-order valence-corrected chi connectivity index (χ2v) is 6.51. The van der Waals surface area contributed by atoms with E-state index in [1.54, 1.807) is 13.8 Å². The van der Waals surface area contributed by atoms with Gasteiger partial charge in [0.1, 0.15) is 0 Å². The summed E-state index contributed by atoms with van der Waals surface area (Å²) in [7, 11) is -0.574. The zero-order chi connectivity index (χ0) is 15.9. The summed E-state index contributed by atoms with van der Waals surface area (Å²) in [5.74, 6) is -0.305. The summed E-state index contributed by atoms with van der Waals surface area (Å²) in [6.07, 6.45) is -6.78. The van der Waals surface area contributed by atoms with Crippen LogP contribution in [0.3, 0.4) is 0 Å². The lowest BCUT2D eigenvalue weighted by atomic mass is 9.70. The standard InChI is InChI=1S/C13H24BF3O3/c1-8(9(2)18-10(3)13(15,16)17)14-19-11(4,5)12(6,7)20-14/h8-10H,1-7H3/t8-,9?,10-/m0/s1. The first-order valence-electron chi connectivity index (χ1n) is 6.86. The second-order valence-electron chi connectivity index (χ2n) is 6.51. The lowest BCUT2D eigenvalue weighted by Crippen LogP contribution is -2.41. The highest BCUT2D eigenvalue weighted by Crippen LogP contribution is 2.41. The van der Waals surface area contributed by atoms with Gasteiger partial charge in [-0.3, -0.25) is 0 Å². The molecule has 0 aliphatic carbocycles. The normalized spacial score (nSPS) is 26.4. The molecule has 1 aliphatic heterocycles. The number of hydrogen-bond donors (Lipinski definition) is 0. The van der Waals surface area contributed by atoms with Crippen LogP contribution in [0.15, 0.2) is 0 Å². The molecule has 118 valence electrons. The average molecular weight is 296 g/mol. The minimum Gasteiger partial charge on any atom is -0.403 e. The average Bonchev–Trinajstić information content (AvgIpc) is 2.45. The van der Waals surface area contributed by atoms with E-state index in [1.807, 2.05) is 27.7 Å². The molecule has 0 amide bonds. The molecule has 1 saturated heterocycles. The monoisotopic (exact) mass is 296 g/mol. The van der Waals surface area contributed by atoms with Gasteiger partial charge in [-0.25, -0.2) is 0 Å². The molecule has 1 heterocycles. The molecule has 1 fully saturated rings. The summed E-state index contributed by atoms with van der Waals surface area (Å²) >= 11 is 0. The van der Waals surface area contributed by atoms with Crippen molar-refractivity contribution < 1.29 is 27.2 Å². The molecule has 0 spiro atoms. The molecule has 3 nitrogen and oxygen atoms in total. The Morgan fingerprint density at radius 3 is 1.70 bits per heavy atom. The molecule has 0 aromatic rings. The van der Waals surface area contributed by atoms with Crippen LogP contribution in [-0.2, 0) is 14.0 Å². The van der Waals surface area contributed by atoms with Crippen molar-refractivity contribution in [3.05, 3.63) is 0 Å². The number of rotatable bonds is 4. The van der Waals surface area contributed by atoms with Crippen LogP contribution in [0.4, 0.5) is 13.2 Å². The van der Waals surface area contributed by atoms with Crippen LogP contribution in [0, 0.1) is 0 Å².